The quantitative estimate of drug-likeness (QED) is 0.194. The molecule has 0 aliphatic carbocycles. The average Bonchev–Trinajstić information content (AvgIpc) is 3.71. The number of carbonyl (C=O) groups excluding carboxylic acids is 2. The van der Waals surface area contributed by atoms with Crippen LogP contribution in [0.2, 0.25) is 0 Å². The van der Waals surface area contributed by atoms with Gasteiger partial charge in [-0.2, -0.15) is 0 Å². The van der Waals surface area contributed by atoms with Crippen LogP contribution in [0.1, 0.15) is 70.8 Å². The van der Waals surface area contributed by atoms with E-state index in [0.29, 0.717) is 23.9 Å². The SMILES string of the molecule is [2H]C([2H])([2H])C([2H])([2H])N(C([2H])([2H])C([2H])([2H])C)C([2H])([2H])C([2H])([2H])NC(=O)c1c(C)[nH]c(/C=C2\C(=O)Nc3ccc(-c4csc(-c5ccccc5)n4)cc32)c1C. The number of hydrogen-bond donors (Lipinski definition) is 3. The number of aromatic amines is 1. The predicted molar refractivity (Wildman–Crippen MR) is 164 cm³/mol. The van der Waals surface area contributed by atoms with Gasteiger partial charge in [0.05, 0.1) is 19.6 Å². The van der Waals surface area contributed by atoms with Crippen molar-refractivity contribution < 1.29 is 27.4 Å². The van der Waals surface area contributed by atoms with Crippen molar-refractivity contribution in [3.05, 3.63) is 82.0 Å². The molecule has 2 aromatic carbocycles. The second kappa shape index (κ2) is 12.0. The van der Waals surface area contributed by atoms with Gasteiger partial charge in [0.1, 0.15) is 5.01 Å². The van der Waals surface area contributed by atoms with E-state index < -0.39 is 55.9 Å². The highest BCUT2D eigenvalue weighted by atomic mass is 32.1. The first kappa shape index (κ1) is 15.7. The molecule has 5 rings (SSSR count). The lowest BCUT2D eigenvalue weighted by atomic mass is 10.0. The number of aromatic nitrogens is 2. The highest BCUT2D eigenvalue weighted by Crippen LogP contribution is 2.38. The lowest BCUT2D eigenvalue weighted by Crippen LogP contribution is -2.35. The van der Waals surface area contributed by atoms with Crippen LogP contribution >= 0.6 is 11.3 Å². The molecule has 2 aromatic heterocycles. The van der Waals surface area contributed by atoms with Crippen molar-refractivity contribution in [2.75, 3.05) is 31.3 Å². The topological polar surface area (TPSA) is 90.1 Å². The van der Waals surface area contributed by atoms with E-state index in [1.165, 1.54) is 31.3 Å². The molecule has 40 heavy (non-hydrogen) atoms. The van der Waals surface area contributed by atoms with Gasteiger partial charge < -0.3 is 20.5 Å². The highest BCUT2D eigenvalue weighted by Gasteiger charge is 2.26. The number of fused-ring (bicyclic) bond motifs is 1. The number of nitrogens with zero attached hydrogens (tertiary/aromatic N) is 2. The summed E-state index contributed by atoms with van der Waals surface area (Å²) >= 11 is 1.47. The molecule has 7 nitrogen and oxygen atoms in total. The Labute approximate surface area is 257 Å². The van der Waals surface area contributed by atoms with Crippen molar-refractivity contribution in [2.45, 2.75) is 34.0 Å². The van der Waals surface area contributed by atoms with Crippen LogP contribution in [0, 0.1) is 13.8 Å². The van der Waals surface area contributed by atoms with E-state index in [2.05, 4.69) is 10.3 Å². The molecular weight excluding hydrogens is 518 g/mol. The van der Waals surface area contributed by atoms with Crippen LogP contribution in [-0.4, -0.2) is 52.7 Å². The van der Waals surface area contributed by atoms with Crippen molar-refractivity contribution >= 4 is 40.5 Å². The van der Waals surface area contributed by atoms with Gasteiger partial charge in [0.15, 0.2) is 0 Å². The van der Waals surface area contributed by atoms with E-state index in [4.69, 9.17) is 22.8 Å². The fraction of sp³-hybridized carbons (Fsp3) is 0.281. The molecule has 1 aliphatic heterocycles. The summed E-state index contributed by atoms with van der Waals surface area (Å²) in [5, 5.41) is 7.34. The fourth-order valence-electron chi connectivity index (χ4n) is 4.41. The maximum absolute atomic E-state index is 13.6. The highest BCUT2D eigenvalue weighted by molar-refractivity contribution is 7.13. The Bertz CT molecular complexity index is 2080. The number of thiazole rings is 1. The average molecular weight is 567 g/mol. The molecule has 0 saturated carbocycles. The molecule has 0 fully saturated rings. The second-order valence-electron chi connectivity index (χ2n) is 8.84. The number of benzene rings is 2. The van der Waals surface area contributed by atoms with Crippen LogP contribution in [0.4, 0.5) is 5.69 Å². The molecule has 0 unspecified atom stereocenters. The third-order valence-electron chi connectivity index (χ3n) is 6.29. The third kappa shape index (κ3) is 5.64. The number of H-pyrrole nitrogens is 1. The number of anilines is 1. The smallest absolute Gasteiger partial charge is 0.256 e. The monoisotopic (exact) mass is 566 g/mol. The maximum Gasteiger partial charge on any atom is 0.256 e. The summed E-state index contributed by atoms with van der Waals surface area (Å²) in [4.78, 5) is 33.9. The van der Waals surface area contributed by atoms with Crippen LogP contribution in [-0.2, 0) is 4.79 Å². The summed E-state index contributed by atoms with van der Waals surface area (Å²) in [6.45, 7) is -15.7. The van der Waals surface area contributed by atoms with Crippen molar-refractivity contribution in [1.82, 2.24) is 20.2 Å². The van der Waals surface area contributed by atoms with E-state index in [1.807, 2.05) is 41.8 Å². The molecule has 1 aliphatic rings. The Morgan fingerprint density at radius 1 is 1.18 bits per heavy atom. The molecule has 0 saturated heterocycles. The van der Waals surface area contributed by atoms with Crippen LogP contribution in [0.15, 0.2) is 53.9 Å². The van der Waals surface area contributed by atoms with Gasteiger partial charge in [-0.1, -0.05) is 50.2 Å². The van der Waals surface area contributed by atoms with Crippen molar-refractivity contribution in [3.63, 3.8) is 0 Å². The predicted octanol–water partition coefficient (Wildman–Crippen LogP) is 6.38. The normalized spacial score (nSPS) is 20.6. The Morgan fingerprint density at radius 3 is 2.77 bits per heavy atom. The molecular formula is C32H35N5O2S. The third-order valence-corrected chi connectivity index (χ3v) is 7.19. The summed E-state index contributed by atoms with van der Waals surface area (Å²) in [7, 11) is 0. The zero-order chi connectivity index (χ0) is 39.7. The van der Waals surface area contributed by atoms with Crippen LogP contribution in [0.3, 0.4) is 0 Å². The number of hydrogen-bond acceptors (Lipinski definition) is 5. The van der Waals surface area contributed by atoms with Gasteiger partial charge in [0.25, 0.3) is 11.8 Å². The number of rotatable bonds is 10. The van der Waals surface area contributed by atoms with Gasteiger partial charge in [0, 0.05) is 67.2 Å². The van der Waals surface area contributed by atoms with Gasteiger partial charge in [-0.05, 0) is 57.0 Å². The maximum atomic E-state index is 13.6. The van der Waals surface area contributed by atoms with Crippen molar-refractivity contribution in [3.8, 4) is 21.8 Å². The standard InChI is InChI=1S/C32H35N5O2S/c1-5-15-37(6-2)16-14-33-31(39)29-20(3)27(34-21(29)4)18-25-24-17-23(12-13-26(24)35-30(25)38)28-19-40-32(36-28)22-10-8-7-9-11-22/h7-13,17-19,34H,5-6,14-16H2,1-4H3,(H,33,39)(H,35,38)/b25-18-/i2D3,5D2,6D2,14D2,15D2,16D2. The Balaban J connectivity index is 1.48. The Hall–Kier alpha value is -4.01. The summed E-state index contributed by atoms with van der Waals surface area (Å²) in [6, 6.07) is 15.0. The number of carbonyl (C=O) groups is 2. The van der Waals surface area contributed by atoms with E-state index in [1.54, 1.807) is 17.4 Å². The van der Waals surface area contributed by atoms with Crippen molar-refractivity contribution in [2.24, 2.45) is 0 Å². The summed E-state index contributed by atoms with van der Waals surface area (Å²) in [5.41, 5.74) is 4.21. The molecule has 4 aromatic rings. The molecule has 2 amide bonds. The Morgan fingerprint density at radius 2 is 2.00 bits per heavy atom. The summed E-state index contributed by atoms with van der Waals surface area (Å²) < 4.78 is 106. The first-order chi connectivity index (χ1) is 24.2. The van der Waals surface area contributed by atoms with E-state index >= 15 is 0 Å². The van der Waals surface area contributed by atoms with Crippen molar-refractivity contribution in [1.29, 1.82) is 0 Å². The van der Waals surface area contributed by atoms with E-state index in [-0.39, 0.29) is 28.1 Å². The molecule has 0 spiro atoms. The first-order valence-electron chi connectivity index (χ1n) is 18.7. The minimum absolute atomic E-state index is 0.168. The van der Waals surface area contributed by atoms with Gasteiger partial charge >= 0.3 is 0 Å². The minimum Gasteiger partial charge on any atom is -0.358 e. The minimum atomic E-state index is -4.00. The molecule has 0 atom stereocenters. The van der Waals surface area contributed by atoms with Gasteiger partial charge in [-0.15, -0.1) is 11.3 Å². The van der Waals surface area contributed by atoms with Gasteiger partial charge in [-0.3, -0.25) is 9.59 Å². The zero-order valence-corrected chi connectivity index (χ0v) is 22.7. The number of nitrogens with one attached hydrogen (secondary N) is 3. The molecule has 8 heteroatoms. The fourth-order valence-corrected chi connectivity index (χ4v) is 5.25. The lowest BCUT2D eigenvalue weighted by molar-refractivity contribution is -0.110. The lowest BCUT2D eigenvalue weighted by Gasteiger charge is -2.19. The van der Waals surface area contributed by atoms with Gasteiger partial charge in [0.2, 0.25) is 0 Å². The summed E-state index contributed by atoms with van der Waals surface area (Å²) in [5.74, 6) is -1.67. The second-order valence-corrected chi connectivity index (χ2v) is 9.70. The van der Waals surface area contributed by atoms with Crippen LogP contribution in [0.5, 0.6) is 0 Å². The molecule has 3 N–H and O–H groups in total. The van der Waals surface area contributed by atoms with E-state index in [9.17, 15) is 9.59 Å². The molecule has 3 heterocycles. The first-order valence-corrected chi connectivity index (χ1v) is 13.1. The number of aryl methyl sites for hydroxylation is 1. The molecule has 0 radical (unpaired) electrons. The van der Waals surface area contributed by atoms with E-state index in [0.717, 1.165) is 16.1 Å². The van der Waals surface area contributed by atoms with Crippen LogP contribution < -0.4 is 10.6 Å². The molecule has 0 bridgehead atoms. The number of amides is 2. The Kier molecular flexibility index (Phi) is 4.72. The molecule has 206 valence electrons. The zero-order valence-electron chi connectivity index (χ0n) is 34.9. The summed E-state index contributed by atoms with van der Waals surface area (Å²) in [6.07, 6.45) is -1.62. The van der Waals surface area contributed by atoms with Gasteiger partial charge in [-0.25, -0.2) is 4.98 Å². The largest absolute Gasteiger partial charge is 0.358 e. The number of likely N-dealkylation sites (N-methyl/N-ethyl adjacent to an activating group) is 1. The van der Waals surface area contributed by atoms with Crippen LogP contribution in [0.25, 0.3) is 33.5 Å².